The van der Waals surface area contributed by atoms with E-state index < -0.39 is 32.0 Å². The van der Waals surface area contributed by atoms with Gasteiger partial charge in [-0.25, -0.2) is 16.8 Å². The highest BCUT2D eigenvalue weighted by Crippen LogP contribution is 2.26. The Bertz CT molecular complexity index is 1240. The van der Waals surface area contributed by atoms with E-state index in [1.165, 1.54) is 16.4 Å². The number of carbonyl (C=O) groups is 1. The summed E-state index contributed by atoms with van der Waals surface area (Å²) in [6, 6.07) is 11.8. The first-order valence-electron chi connectivity index (χ1n) is 12.3. The van der Waals surface area contributed by atoms with E-state index in [1.54, 1.807) is 43.3 Å². The van der Waals surface area contributed by atoms with Crippen molar-refractivity contribution in [3.8, 4) is 11.5 Å². The zero-order valence-electron chi connectivity index (χ0n) is 21.4. The molecule has 1 saturated heterocycles. The molecule has 1 amide bonds. The number of benzene rings is 2. The van der Waals surface area contributed by atoms with Crippen LogP contribution in [0.5, 0.6) is 11.5 Å². The zero-order valence-corrected chi connectivity index (χ0v) is 23.1. The smallest absolute Gasteiger partial charge is 0.244 e. The van der Waals surface area contributed by atoms with E-state index >= 15 is 0 Å². The molecule has 10 nitrogen and oxygen atoms in total. The lowest BCUT2D eigenvalue weighted by Crippen LogP contribution is -2.50. The normalized spacial score (nSPS) is 15.2. The minimum Gasteiger partial charge on any atom is -0.494 e. The molecule has 204 valence electrons. The first-order chi connectivity index (χ1) is 17.6. The highest BCUT2D eigenvalue weighted by atomic mass is 32.2. The summed E-state index contributed by atoms with van der Waals surface area (Å²) in [5.74, 6) is 0.627. The topological polar surface area (TPSA) is 122 Å². The Morgan fingerprint density at radius 2 is 1.51 bits per heavy atom. The number of hydrogen-bond donors (Lipinski definition) is 1. The number of carbonyl (C=O) groups excluding carboxylic acids is 1. The summed E-state index contributed by atoms with van der Waals surface area (Å²) < 4.78 is 64.1. The van der Waals surface area contributed by atoms with Gasteiger partial charge in [-0.3, -0.25) is 9.10 Å². The molecule has 1 N–H and O–H groups in total. The summed E-state index contributed by atoms with van der Waals surface area (Å²) in [6.45, 7) is 5.42. The summed E-state index contributed by atoms with van der Waals surface area (Å²) in [7, 11) is -7.24. The molecule has 1 aliphatic rings. The SMILES string of the molecule is CCOc1ccc(N(C(CC)C(=O)NCCOc2ccc(S(=O)(=O)N3CCCC3)cc2)S(C)(=O)=O)cc1. The molecule has 37 heavy (non-hydrogen) atoms. The summed E-state index contributed by atoms with van der Waals surface area (Å²) in [5, 5.41) is 2.73. The number of ether oxygens (including phenoxy) is 2. The van der Waals surface area contributed by atoms with Gasteiger partial charge in [0.05, 0.1) is 30.0 Å². The highest BCUT2D eigenvalue weighted by molar-refractivity contribution is 7.92. The van der Waals surface area contributed by atoms with Crippen LogP contribution >= 0.6 is 0 Å². The lowest BCUT2D eigenvalue weighted by Gasteiger charge is -2.30. The second-order valence-electron chi connectivity index (χ2n) is 8.63. The lowest BCUT2D eigenvalue weighted by molar-refractivity contribution is -0.122. The predicted molar refractivity (Wildman–Crippen MR) is 142 cm³/mol. The van der Waals surface area contributed by atoms with Crippen LogP contribution in [0, 0.1) is 0 Å². The van der Waals surface area contributed by atoms with E-state index in [0.29, 0.717) is 36.9 Å². The summed E-state index contributed by atoms with van der Waals surface area (Å²) >= 11 is 0. The monoisotopic (exact) mass is 553 g/mol. The van der Waals surface area contributed by atoms with E-state index in [2.05, 4.69) is 5.32 Å². The molecular weight excluding hydrogens is 518 g/mol. The summed E-state index contributed by atoms with van der Waals surface area (Å²) in [6.07, 6.45) is 3.07. The van der Waals surface area contributed by atoms with Crippen molar-refractivity contribution in [2.45, 2.75) is 44.0 Å². The number of anilines is 1. The first-order valence-corrected chi connectivity index (χ1v) is 15.6. The fourth-order valence-corrected chi connectivity index (χ4v) is 6.89. The number of nitrogens with zero attached hydrogens (tertiary/aromatic N) is 2. The van der Waals surface area contributed by atoms with Gasteiger partial charge in [0.25, 0.3) is 0 Å². The Balaban J connectivity index is 1.58. The molecule has 1 heterocycles. The van der Waals surface area contributed by atoms with Crippen molar-refractivity contribution in [2.75, 3.05) is 43.4 Å². The molecule has 1 fully saturated rings. The molecule has 0 aliphatic carbocycles. The maximum absolute atomic E-state index is 12.9. The third-order valence-corrected chi connectivity index (χ3v) is 9.02. The summed E-state index contributed by atoms with van der Waals surface area (Å²) in [4.78, 5) is 13.1. The van der Waals surface area contributed by atoms with Gasteiger partial charge in [0, 0.05) is 13.1 Å². The quantitative estimate of drug-likeness (QED) is 0.378. The number of nitrogens with one attached hydrogen (secondary N) is 1. The van der Waals surface area contributed by atoms with Crippen molar-refractivity contribution in [3.05, 3.63) is 48.5 Å². The van der Waals surface area contributed by atoms with Crippen LogP contribution in [0.2, 0.25) is 0 Å². The second-order valence-corrected chi connectivity index (χ2v) is 12.4. The fourth-order valence-electron chi connectivity index (χ4n) is 4.16. The van der Waals surface area contributed by atoms with Crippen LogP contribution in [0.1, 0.15) is 33.1 Å². The van der Waals surface area contributed by atoms with Gasteiger partial charge < -0.3 is 14.8 Å². The van der Waals surface area contributed by atoms with Gasteiger partial charge in [-0.2, -0.15) is 4.31 Å². The van der Waals surface area contributed by atoms with Gasteiger partial charge >= 0.3 is 0 Å². The molecule has 0 aromatic heterocycles. The third kappa shape index (κ3) is 7.36. The van der Waals surface area contributed by atoms with Crippen LogP contribution in [0.25, 0.3) is 0 Å². The first kappa shape index (κ1) is 28.7. The van der Waals surface area contributed by atoms with E-state index in [9.17, 15) is 21.6 Å². The van der Waals surface area contributed by atoms with Crippen molar-refractivity contribution in [3.63, 3.8) is 0 Å². The van der Waals surface area contributed by atoms with Crippen LogP contribution in [0.4, 0.5) is 5.69 Å². The van der Waals surface area contributed by atoms with E-state index in [-0.39, 0.29) is 24.5 Å². The van der Waals surface area contributed by atoms with Crippen LogP contribution in [-0.4, -0.2) is 72.2 Å². The van der Waals surface area contributed by atoms with Gasteiger partial charge in [-0.1, -0.05) is 6.92 Å². The van der Waals surface area contributed by atoms with Gasteiger partial charge in [-0.15, -0.1) is 0 Å². The molecule has 0 radical (unpaired) electrons. The summed E-state index contributed by atoms with van der Waals surface area (Å²) in [5.41, 5.74) is 0.369. The van der Waals surface area contributed by atoms with Crippen molar-refractivity contribution in [2.24, 2.45) is 0 Å². The number of amides is 1. The average Bonchev–Trinajstić information content (AvgIpc) is 3.41. The lowest BCUT2D eigenvalue weighted by atomic mass is 10.2. The van der Waals surface area contributed by atoms with Crippen LogP contribution in [0.15, 0.2) is 53.4 Å². The molecule has 0 bridgehead atoms. The van der Waals surface area contributed by atoms with Crippen LogP contribution in [-0.2, 0) is 24.8 Å². The largest absolute Gasteiger partial charge is 0.494 e. The number of sulfonamides is 2. The van der Waals surface area contributed by atoms with E-state index in [0.717, 1.165) is 23.4 Å². The van der Waals surface area contributed by atoms with Crippen molar-refractivity contribution >= 4 is 31.6 Å². The van der Waals surface area contributed by atoms with E-state index in [4.69, 9.17) is 9.47 Å². The number of rotatable bonds is 13. The Morgan fingerprint density at radius 1 is 0.946 bits per heavy atom. The molecule has 12 heteroatoms. The molecule has 3 rings (SSSR count). The third-order valence-electron chi connectivity index (χ3n) is 5.93. The van der Waals surface area contributed by atoms with Gasteiger partial charge in [-0.05, 0) is 74.7 Å². The minimum atomic E-state index is -3.75. The molecular formula is C25H35N3O7S2. The Hall–Kier alpha value is -2.83. The molecule has 2 aromatic carbocycles. The van der Waals surface area contributed by atoms with Gasteiger partial charge in [0.2, 0.25) is 26.0 Å². The molecule has 0 spiro atoms. The van der Waals surface area contributed by atoms with Gasteiger partial charge in [0.15, 0.2) is 0 Å². The van der Waals surface area contributed by atoms with Crippen molar-refractivity contribution in [1.82, 2.24) is 9.62 Å². The maximum atomic E-state index is 12.9. The Labute approximate surface area is 219 Å². The predicted octanol–water partition coefficient (Wildman–Crippen LogP) is 2.61. The zero-order chi connectivity index (χ0) is 27.1. The van der Waals surface area contributed by atoms with Gasteiger partial charge in [0.1, 0.15) is 24.1 Å². The van der Waals surface area contributed by atoms with Crippen LogP contribution in [0.3, 0.4) is 0 Å². The highest BCUT2D eigenvalue weighted by Gasteiger charge is 2.31. The van der Waals surface area contributed by atoms with Crippen molar-refractivity contribution in [1.29, 1.82) is 0 Å². The molecule has 1 atom stereocenters. The molecule has 0 saturated carbocycles. The second kappa shape index (κ2) is 12.6. The minimum absolute atomic E-state index is 0.127. The maximum Gasteiger partial charge on any atom is 0.244 e. The fraction of sp³-hybridized carbons (Fsp3) is 0.480. The number of hydrogen-bond acceptors (Lipinski definition) is 7. The van der Waals surface area contributed by atoms with Crippen LogP contribution < -0.4 is 19.1 Å². The van der Waals surface area contributed by atoms with Crippen molar-refractivity contribution < 1.29 is 31.1 Å². The van der Waals surface area contributed by atoms with E-state index in [1.807, 2.05) is 6.92 Å². The molecule has 1 unspecified atom stereocenters. The standard InChI is InChI=1S/C25H35N3O7S2/c1-4-24(28(36(3,30)31)20-8-10-21(11-9-20)34-5-2)25(29)26-16-19-35-22-12-14-23(15-13-22)37(32,33)27-17-6-7-18-27/h8-15,24H,4-7,16-19H2,1-3H3,(H,26,29). The molecule has 2 aromatic rings. The average molecular weight is 554 g/mol. The Kier molecular flexibility index (Phi) is 9.80. The Morgan fingerprint density at radius 3 is 2.05 bits per heavy atom. The molecule has 1 aliphatic heterocycles.